The molecule has 0 aliphatic carbocycles. The molecule has 2 nitrogen and oxygen atoms in total. The Morgan fingerprint density at radius 1 is 1.19 bits per heavy atom. The van der Waals surface area contributed by atoms with Gasteiger partial charge in [0.25, 0.3) is 0 Å². The van der Waals surface area contributed by atoms with E-state index in [0.717, 1.165) is 12.8 Å². The zero-order valence-electron chi connectivity index (χ0n) is 9.82. The molecule has 0 saturated heterocycles. The number of hydrogen-bond donors (Lipinski definition) is 0. The van der Waals surface area contributed by atoms with E-state index in [2.05, 4.69) is 6.92 Å². The van der Waals surface area contributed by atoms with Crippen molar-refractivity contribution in [1.29, 1.82) is 0 Å². The van der Waals surface area contributed by atoms with Gasteiger partial charge in [0.1, 0.15) is 5.75 Å². The minimum Gasteiger partial charge on any atom is -0.426 e. The van der Waals surface area contributed by atoms with Gasteiger partial charge in [-0.25, -0.2) is 0 Å². The smallest absolute Gasteiger partial charge is 0.315 e. The second-order valence-electron chi connectivity index (χ2n) is 3.79. The van der Waals surface area contributed by atoms with Crippen LogP contribution in [0, 0.1) is 6.42 Å². The van der Waals surface area contributed by atoms with Crippen molar-refractivity contribution in [3.05, 3.63) is 36.8 Å². The van der Waals surface area contributed by atoms with Gasteiger partial charge >= 0.3 is 5.97 Å². The molecule has 0 aliphatic rings. The van der Waals surface area contributed by atoms with Crippen molar-refractivity contribution in [3.63, 3.8) is 0 Å². The van der Waals surface area contributed by atoms with Crippen molar-refractivity contribution in [1.82, 2.24) is 0 Å². The molecule has 1 radical (unpaired) electrons. The van der Waals surface area contributed by atoms with Crippen LogP contribution in [0.5, 0.6) is 5.75 Å². The molecule has 1 rings (SSSR count). The molecular weight excluding hydrogens is 200 g/mol. The maximum atomic E-state index is 11.4. The summed E-state index contributed by atoms with van der Waals surface area (Å²) in [7, 11) is 0. The van der Waals surface area contributed by atoms with Crippen LogP contribution in [0.4, 0.5) is 0 Å². The van der Waals surface area contributed by atoms with Gasteiger partial charge in [0, 0.05) is 0 Å². The molecule has 0 heterocycles. The highest BCUT2D eigenvalue weighted by molar-refractivity contribution is 5.80. The van der Waals surface area contributed by atoms with E-state index in [4.69, 9.17) is 4.74 Å². The number of esters is 1. The van der Waals surface area contributed by atoms with E-state index in [1.165, 1.54) is 19.3 Å². The highest BCUT2D eigenvalue weighted by atomic mass is 16.5. The summed E-state index contributed by atoms with van der Waals surface area (Å²) in [6.45, 7) is 2.17. The van der Waals surface area contributed by atoms with Gasteiger partial charge in [0.05, 0.1) is 6.42 Å². The zero-order chi connectivity index (χ0) is 11.6. The first-order valence-corrected chi connectivity index (χ1v) is 5.93. The lowest BCUT2D eigenvalue weighted by Crippen LogP contribution is -2.08. The summed E-state index contributed by atoms with van der Waals surface area (Å²) in [4.78, 5) is 11.4. The topological polar surface area (TPSA) is 26.3 Å². The summed E-state index contributed by atoms with van der Waals surface area (Å²) in [5, 5.41) is 0. The molecule has 0 N–H and O–H groups in total. The second kappa shape index (κ2) is 7.91. The lowest BCUT2D eigenvalue weighted by molar-refractivity contribution is -0.130. The van der Waals surface area contributed by atoms with Crippen LogP contribution in [0.3, 0.4) is 0 Å². The van der Waals surface area contributed by atoms with Crippen molar-refractivity contribution in [3.8, 4) is 5.75 Å². The Hall–Kier alpha value is -1.31. The van der Waals surface area contributed by atoms with E-state index in [0.29, 0.717) is 5.75 Å². The van der Waals surface area contributed by atoms with E-state index < -0.39 is 0 Å². The van der Waals surface area contributed by atoms with Gasteiger partial charge in [-0.15, -0.1) is 0 Å². The number of ether oxygens (including phenoxy) is 1. The van der Waals surface area contributed by atoms with Gasteiger partial charge in [-0.2, -0.15) is 0 Å². The summed E-state index contributed by atoms with van der Waals surface area (Å²) in [6, 6.07) is 9.16. The summed E-state index contributed by atoms with van der Waals surface area (Å²) in [5.74, 6) is 0.361. The minimum absolute atomic E-state index is 0.248. The van der Waals surface area contributed by atoms with Crippen LogP contribution in [-0.2, 0) is 4.79 Å². The molecule has 1 aromatic rings. The molecule has 16 heavy (non-hydrogen) atoms. The Bertz CT molecular complexity index is 293. The second-order valence-corrected chi connectivity index (χ2v) is 3.79. The predicted molar refractivity (Wildman–Crippen MR) is 65.1 cm³/mol. The molecule has 1 aromatic carbocycles. The van der Waals surface area contributed by atoms with E-state index in [9.17, 15) is 4.79 Å². The van der Waals surface area contributed by atoms with Crippen LogP contribution in [0.1, 0.15) is 39.0 Å². The lowest BCUT2D eigenvalue weighted by atomic mass is 10.1. The number of hydrogen-bond acceptors (Lipinski definition) is 2. The van der Waals surface area contributed by atoms with E-state index >= 15 is 0 Å². The predicted octanol–water partition coefficient (Wildman–Crippen LogP) is 3.77. The third kappa shape index (κ3) is 5.54. The Labute approximate surface area is 97.6 Å². The van der Waals surface area contributed by atoms with Gasteiger partial charge < -0.3 is 4.74 Å². The molecule has 87 valence electrons. The number of carbonyl (C=O) groups is 1. The van der Waals surface area contributed by atoms with Crippen LogP contribution in [-0.4, -0.2) is 5.97 Å². The SMILES string of the molecule is CCCCCC[CH]C(=O)Oc1ccccc1. The number of benzene rings is 1. The maximum absolute atomic E-state index is 11.4. The third-order valence-electron chi connectivity index (χ3n) is 2.33. The normalized spacial score (nSPS) is 10.1. The van der Waals surface area contributed by atoms with Crippen LogP contribution in [0.15, 0.2) is 30.3 Å². The van der Waals surface area contributed by atoms with Crippen LogP contribution in [0.2, 0.25) is 0 Å². The van der Waals surface area contributed by atoms with Crippen molar-refractivity contribution >= 4 is 5.97 Å². The Morgan fingerprint density at radius 2 is 1.94 bits per heavy atom. The van der Waals surface area contributed by atoms with Crippen molar-refractivity contribution < 1.29 is 9.53 Å². The van der Waals surface area contributed by atoms with E-state index in [1.54, 1.807) is 18.6 Å². The largest absolute Gasteiger partial charge is 0.426 e. The third-order valence-corrected chi connectivity index (χ3v) is 2.33. The van der Waals surface area contributed by atoms with Gasteiger partial charge in [0.2, 0.25) is 0 Å². The summed E-state index contributed by atoms with van der Waals surface area (Å²) in [6.07, 6.45) is 7.15. The monoisotopic (exact) mass is 219 g/mol. The minimum atomic E-state index is -0.248. The molecule has 0 amide bonds. The first-order valence-electron chi connectivity index (χ1n) is 5.93. The van der Waals surface area contributed by atoms with Gasteiger partial charge in [-0.3, -0.25) is 4.79 Å². The standard InChI is InChI=1S/C14H19O2/c1-2-3-4-5-9-12-14(15)16-13-10-7-6-8-11-13/h6-8,10-12H,2-5,9H2,1H3. The number of rotatable bonds is 7. The van der Waals surface area contributed by atoms with E-state index in [-0.39, 0.29) is 5.97 Å². The fraction of sp³-hybridized carbons (Fsp3) is 0.429. The fourth-order valence-corrected chi connectivity index (χ4v) is 1.44. The van der Waals surface area contributed by atoms with Gasteiger partial charge in [-0.05, 0) is 18.6 Å². The maximum Gasteiger partial charge on any atom is 0.315 e. The molecule has 0 fully saturated rings. The quantitative estimate of drug-likeness (QED) is 0.396. The number of carbonyl (C=O) groups excluding carboxylic acids is 1. The van der Waals surface area contributed by atoms with Crippen LogP contribution < -0.4 is 4.74 Å². The zero-order valence-corrected chi connectivity index (χ0v) is 9.82. The highest BCUT2D eigenvalue weighted by Gasteiger charge is 2.04. The lowest BCUT2D eigenvalue weighted by Gasteiger charge is -2.03. The van der Waals surface area contributed by atoms with E-state index in [1.807, 2.05) is 18.2 Å². The molecule has 0 aliphatic heterocycles. The summed E-state index contributed by atoms with van der Waals surface area (Å²) < 4.78 is 5.13. The van der Waals surface area contributed by atoms with Gasteiger partial charge in [0.15, 0.2) is 0 Å². The molecular formula is C14H19O2. The first-order chi connectivity index (χ1) is 7.83. The number of unbranched alkanes of at least 4 members (excludes halogenated alkanes) is 4. The van der Waals surface area contributed by atoms with Crippen LogP contribution >= 0.6 is 0 Å². The molecule has 0 aromatic heterocycles. The average Bonchev–Trinajstić information content (AvgIpc) is 2.30. The van der Waals surface area contributed by atoms with Crippen molar-refractivity contribution in [2.45, 2.75) is 39.0 Å². The Morgan fingerprint density at radius 3 is 2.62 bits per heavy atom. The fourth-order valence-electron chi connectivity index (χ4n) is 1.44. The summed E-state index contributed by atoms with van der Waals surface area (Å²) >= 11 is 0. The average molecular weight is 219 g/mol. The van der Waals surface area contributed by atoms with Crippen LogP contribution in [0.25, 0.3) is 0 Å². The highest BCUT2D eigenvalue weighted by Crippen LogP contribution is 2.10. The van der Waals surface area contributed by atoms with Crippen molar-refractivity contribution in [2.24, 2.45) is 0 Å². The summed E-state index contributed by atoms with van der Waals surface area (Å²) in [5.41, 5.74) is 0. The first kappa shape index (κ1) is 12.8. The molecule has 0 atom stereocenters. The molecule has 0 saturated carbocycles. The molecule has 0 bridgehead atoms. The Kier molecular flexibility index (Phi) is 6.31. The number of para-hydroxylation sites is 1. The van der Waals surface area contributed by atoms with Gasteiger partial charge in [-0.1, -0.05) is 50.8 Å². The molecule has 0 spiro atoms. The molecule has 0 unspecified atom stereocenters. The van der Waals surface area contributed by atoms with Crippen molar-refractivity contribution in [2.75, 3.05) is 0 Å². The Balaban J connectivity index is 2.12. The molecule has 2 heteroatoms.